The summed E-state index contributed by atoms with van der Waals surface area (Å²) in [6.45, 7) is 3.56. The van der Waals surface area contributed by atoms with Crippen molar-refractivity contribution in [3.8, 4) is 6.07 Å². The summed E-state index contributed by atoms with van der Waals surface area (Å²) < 4.78 is 29.4. The minimum Gasteiger partial charge on any atom is -0.465 e. The summed E-state index contributed by atoms with van der Waals surface area (Å²) >= 11 is 0. The zero-order valence-corrected chi connectivity index (χ0v) is 10.2. The fourth-order valence-electron chi connectivity index (χ4n) is 1.05. The second-order valence-corrected chi connectivity index (χ2v) is 4.91. The molecule has 7 heteroatoms. The maximum atomic E-state index is 11.4. The number of rotatable bonds is 7. The van der Waals surface area contributed by atoms with Crippen LogP contribution in [0.1, 0.15) is 26.7 Å². The summed E-state index contributed by atoms with van der Waals surface area (Å²) in [5.74, 6) is -1.56. The van der Waals surface area contributed by atoms with Crippen LogP contribution in [0.15, 0.2) is 0 Å². The van der Waals surface area contributed by atoms with Gasteiger partial charge in [-0.3, -0.25) is 4.79 Å². The normalized spacial score (nSPS) is 12.8. The molecule has 0 saturated carbocycles. The first kappa shape index (κ1) is 14.9. The summed E-state index contributed by atoms with van der Waals surface area (Å²) in [6, 6.07) is 1.03. The van der Waals surface area contributed by atoms with Gasteiger partial charge in [0.25, 0.3) is 0 Å². The highest BCUT2D eigenvalue weighted by Gasteiger charge is 2.21. The Morgan fingerprint density at radius 3 is 2.56 bits per heavy atom. The third-order valence-corrected chi connectivity index (χ3v) is 2.93. The topological polar surface area (TPSA) is 96.3 Å². The third-order valence-electron chi connectivity index (χ3n) is 1.67. The highest BCUT2D eigenvalue weighted by atomic mass is 32.2. The largest absolute Gasteiger partial charge is 0.465 e. The highest BCUT2D eigenvalue weighted by molar-refractivity contribution is 7.90. The van der Waals surface area contributed by atoms with E-state index in [2.05, 4.69) is 9.46 Å². The van der Waals surface area contributed by atoms with Crippen LogP contribution in [-0.2, 0) is 19.6 Å². The minimum absolute atomic E-state index is 0.130. The van der Waals surface area contributed by atoms with Gasteiger partial charge in [0.2, 0.25) is 10.0 Å². The quantitative estimate of drug-likeness (QED) is 0.647. The first-order chi connectivity index (χ1) is 7.45. The Morgan fingerprint density at radius 2 is 2.12 bits per heavy atom. The number of sulfonamides is 1. The predicted octanol–water partition coefficient (Wildman–Crippen LogP) is 0.161. The van der Waals surface area contributed by atoms with Gasteiger partial charge >= 0.3 is 5.97 Å². The standard InChI is InChI=1S/C9H16N2O4S/c1-3-5-8(6-10)11-16(13,14)7-9(12)15-4-2/h8,11H,3-5,7H2,1-2H3. The van der Waals surface area contributed by atoms with Crippen molar-refractivity contribution in [2.75, 3.05) is 12.4 Å². The van der Waals surface area contributed by atoms with E-state index < -0.39 is 27.8 Å². The number of nitrogens with zero attached hydrogens (tertiary/aromatic N) is 1. The van der Waals surface area contributed by atoms with E-state index in [4.69, 9.17) is 5.26 Å². The van der Waals surface area contributed by atoms with Crippen LogP contribution in [0.25, 0.3) is 0 Å². The molecule has 0 aromatic heterocycles. The monoisotopic (exact) mass is 248 g/mol. The molecule has 1 N–H and O–H groups in total. The van der Waals surface area contributed by atoms with E-state index >= 15 is 0 Å². The van der Waals surface area contributed by atoms with E-state index in [1.54, 1.807) is 6.92 Å². The van der Waals surface area contributed by atoms with Crippen LogP contribution < -0.4 is 4.72 Å². The van der Waals surface area contributed by atoms with Crippen LogP contribution >= 0.6 is 0 Å². The molecular weight excluding hydrogens is 232 g/mol. The summed E-state index contributed by atoms with van der Waals surface area (Å²) in [4.78, 5) is 11.0. The zero-order chi connectivity index (χ0) is 12.6. The van der Waals surface area contributed by atoms with Crippen molar-refractivity contribution < 1.29 is 17.9 Å². The molecule has 16 heavy (non-hydrogen) atoms. The van der Waals surface area contributed by atoms with Crippen molar-refractivity contribution in [2.45, 2.75) is 32.7 Å². The van der Waals surface area contributed by atoms with Gasteiger partial charge in [-0.05, 0) is 13.3 Å². The van der Waals surface area contributed by atoms with Gasteiger partial charge in [0, 0.05) is 0 Å². The van der Waals surface area contributed by atoms with Crippen molar-refractivity contribution in [1.82, 2.24) is 4.72 Å². The lowest BCUT2D eigenvalue weighted by Crippen LogP contribution is -2.37. The molecule has 1 atom stereocenters. The van der Waals surface area contributed by atoms with Crippen LogP contribution in [0.3, 0.4) is 0 Å². The van der Waals surface area contributed by atoms with Gasteiger partial charge in [-0.25, -0.2) is 8.42 Å². The number of ether oxygens (including phenoxy) is 1. The molecule has 0 spiro atoms. The molecule has 0 amide bonds. The molecule has 0 saturated heterocycles. The second-order valence-electron chi connectivity index (χ2n) is 3.15. The zero-order valence-electron chi connectivity index (χ0n) is 9.39. The molecule has 0 bridgehead atoms. The summed E-state index contributed by atoms with van der Waals surface area (Å²) in [6.07, 6.45) is 1.10. The second kappa shape index (κ2) is 7.19. The molecule has 92 valence electrons. The van der Waals surface area contributed by atoms with E-state index in [-0.39, 0.29) is 6.61 Å². The van der Waals surface area contributed by atoms with Gasteiger partial charge < -0.3 is 4.74 Å². The Morgan fingerprint density at radius 1 is 1.50 bits per heavy atom. The first-order valence-corrected chi connectivity index (χ1v) is 6.65. The molecule has 0 aromatic carbocycles. The average Bonchev–Trinajstić information content (AvgIpc) is 2.16. The molecule has 0 aliphatic rings. The number of carbonyl (C=O) groups excluding carboxylic acids is 1. The van der Waals surface area contributed by atoms with E-state index in [1.165, 1.54) is 0 Å². The summed E-state index contributed by atoms with van der Waals surface area (Å²) in [5, 5.41) is 8.66. The fraction of sp³-hybridized carbons (Fsp3) is 0.778. The molecule has 1 unspecified atom stereocenters. The van der Waals surface area contributed by atoms with Crippen molar-refractivity contribution >= 4 is 16.0 Å². The summed E-state index contributed by atoms with van der Waals surface area (Å²) in [7, 11) is -3.78. The Hall–Kier alpha value is -1.13. The van der Waals surface area contributed by atoms with Crippen LogP contribution in [0.2, 0.25) is 0 Å². The molecule has 0 aliphatic carbocycles. The minimum atomic E-state index is -3.78. The van der Waals surface area contributed by atoms with Crippen molar-refractivity contribution in [3.05, 3.63) is 0 Å². The van der Waals surface area contributed by atoms with Crippen LogP contribution in [0.4, 0.5) is 0 Å². The SMILES string of the molecule is CCCC(C#N)NS(=O)(=O)CC(=O)OCC. The fourth-order valence-corrected chi connectivity index (χ4v) is 2.14. The number of hydrogen-bond donors (Lipinski definition) is 1. The maximum Gasteiger partial charge on any atom is 0.322 e. The van der Waals surface area contributed by atoms with Gasteiger partial charge in [0.05, 0.1) is 12.7 Å². The molecular formula is C9H16N2O4S. The number of nitriles is 1. The molecule has 0 aromatic rings. The van der Waals surface area contributed by atoms with Gasteiger partial charge in [-0.15, -0.1) is 0 Å². The van der Waals surface area contributed by atoms with E-state index in [9.17, 15) is 13.2 Å². The van der Waals surface area contributed by atoms with Crippen LogP contribution in [0, 0.1) is 11.3 Å². The van der Waals surface area contributed by atoms with Crippen molar-refractivity contribution in [2.24, 2.45) is 0 Å². The molecule has 0 rings (SSSR count). The van der Waals surface area contributed by atoms with Crippen LogP contribution in [-0.4, -0.2) is 32.8 Å². The lowest BCUT2D eigenvalue weighted by Gasteiger charge is -2.10. The van der Waals surface area contributed by atoms with Gasteiger partial charge in [0.1, 0.15) is 6.04 Å². The highest BCUT2D eigenvalue weighted by Crippen LogP contribution is 1.98. The van der Waals surface area contributed by atoms with E-state index in [0.717, 1.165) is 0 Å². The molecule has 0 heterocycles. The van der Waals surface area contributed by atoms with Gasteiger partial charge in [0.15, 0.2) is 5.75 Å². The first-order valence-electron chi connectivity index (χ1n) is 5.00. The number of nitrogens with one attached hydrogen (secondary N) is 1. The molecule has 0 fully saturated rings. The Labute approximate surface area is 95.6 Å². The Bertz CT molecular complexity index is 358. The maximum absolute atomic E-state index is 11.4. The van der Waals surface area contributed by atoms with Crippen molar-refractivity contribution in [1.29, 1.82) is 5.26 Å². The lowest BCUT2D eigenvalue weighted by molar-refractivity contribution is -0.139. The average molecular weight is 248 g/mol. The Balaban J connectivity index is 4.34. The molecule has 6 nitrogen and oxygen atoms in total. The van der Waals surface area contributed by atoms with Crippen molar-refractivity contribution in [3.63, 3.8) is 0 Å². The molecule has 0 aliphatic heterocycles. The smallest absolute Gasteiger partial charge is 0.322 e. The van der Waals surface area contributed by atoms with Gasteiger partial charge in [-0.1, -0.05) is 13.3 Å². The number of esters is 1. The van der Waals surface area contributed by atoms with E-state index in [0.29, 0.717) is 12.8 Å². The van der Waals surface area contributed by atoms with Gasteiger partial charge in [-0.2, -0.15) is 9.98 Å². The number of hydrogen-bond acceptors (Lipinski definition) is 5. The third kappa shape index (κ3) is 6.37. The number of carbonyl (C=O) groups is 1. The predicted molar refractivity (Wildman–Crippen MR) is 57.9 cm³/mol. The molecule has 0 radical (unpaired) electrons. The summed E-state index contributed by atoms with van der Waals surface area (Å²) in [5.41, 5.74) is 0. The lowest BCUT2D eigenvalue weighted by atomic mass is 10.2. The Kier molecular flexibility index (Phi) is 6.69. The van der Waals surface area contributed by atoms with Crippen LogP contribution in [0.5, 0.6) is 0 Å². The van der Waals surface area contributed by atoms with E-state index in [1.807, 2.05) is 13.0 Å².